The zero-order valence-corrected chi connectivity index (χ0v) is 22.0. The first kappa shape index (κ1) is 25.8. The summed E-state index contributed by atoms with van der Waals surface area (Å²) in [6, 6.07) is 12.2. The Morgan fingerprint density at radius 3 is 2.67 bits per heavy atom. The lowest BCUT2D eigenvalue weighted by atomic mass is 9.95. The number of benzene rings is 1. The second-order valence-electron chi connectivity index (χ2n) is 9.24. The minimum Gasteiger partial charge on any atom is -0.497 e. The molecule has 1 aromatic carbocycles. The predicted octanol–water partition coefficient (Wildman–Crippen LogP) is 3.79. The van der Waals surface area contributed by atoms with Crippen molar-refractivity contribution >= 4 is 29.5 Å². The summed E-state index contributed by atoms with van der Waals surface area (Å²) in [5.41, 5.74) is 2.55. The van der Waals surface area contributed by atoms with Gasteiger partial charge in [-0.25, -0.2) is 14.4 Å². The number of rotatable bonds is 10. The average Bonchev–Trinajstić information content (AvgIpc) is 3.54. The highest BCUT2D eigenvalue weighted by atomic mass is 19.1. The number of pyridine rings is 1. The normalized spacial score (nSPS) is 11.9. The summed E-state index contributed by atoms with van der Waals surface area (Å²) < 4.78 is 23.5. The van der Waals surface area contributed by atoms with Crippen LogP contribution in [0.2, 0.25) is 0 Å². The van der Waals surface area contributed by atoms with E-state index < -0.39 is 11.7 Å². The van der Waals surface area contributed by atoms with Crippen LogP contribution in [0.25, 0.3) is 16.9 Å². The number of nitrogens with one attached hydrogen (secondary N) is 1. The fraction of sp³-hybridized carbons (Fsp3) is 0.259. The van der Waals surface area contributed by atoms with Gasteiger partial charge in [0.05, 0.1) is 19.0 Å². The number of aromatic nitrogens is 7. The minimum absolute atomic E-state index is 0.163. The molecule has 0 saturated heterocycles. The molecule has 0 radical (unpaired) electrons. The number of anilines is 3. The Hall–Kier alpha value is -4.87. The second kappa shape index (κ2) is 10.9. The molecule has 1 unspecified atom stereocenters. The standard InChI is InChI=1S/C27H28FN9O2/c1-35(2)25-15-19(22-7-10-29-27(31-22)32-23-8-11-30-36(23)3)14-24-33-34-26(37(24)25)18(9-12-38)13-17-5-6-20(39-4)16-21(17)28/h5-8,10-12,14-16,18H,9,13H2,1-4H3,(H,29,31,32). The molecule has 1 N–H and O–H groups in total. The van der Waals surface area contributed by atoms with Crippen LogP contribution in [-0.4, -0.2) is 61.8 Å². The van der Waals surface area contributed by atoms with Crippen molar-refractivity contribution in [3.05, 3.63) is 72.1 Å². The fourth-order valence-electron chi connectivity index (χ4n) is 4.44. The van der Waals surface area contributed by atoms with E-state index in [1.807, 2.05) is 54.7 Å². The summed E-state index contributed by atoms with van der Waals surface area (Å²) >= 11 is 0. The van der Waals surface area contributed by atoms with Gasteiger partial charge in [0.2, 0.25) is 5.95 Å². The Labute approximate surface area is 224 Å². The van der Waals surface area contributed by atoms with E-state index in [0.29, 0.717) is 34.4 Å². The maximum absolute atomic E-state index is 14.8. The molecule has 0 aliphatic rings. The van der Waals surface area contributed by atoms with Gasteiger partial charge in [-0.1, -0.05) is 6.07 Å². The third kappa shape index (κ3) is 5.26. The predicted molar refractivity (Wildman–Crippen MR) is 145 cm³/mol. The zero-order chi connectivity index (χ0) is 27.5. The van der Waals surface area contributed by atoms with E-state index in [2.05, 4.69) is 30.6 Å². The number of methoxy groups -OCH3 is 1. The molecule has 12 heteroatoms. The number of hydrogen-bond acceptors (Lipinski definition) is 9. The number of ether oxygens (including phenoxy) is 1. The van der Waals surface area contributed by atoms with Crippen LogP contribution < -0.4 is 15.0 Å². The largest absolute Gasteiger partial charge is 0.497 e. The number of halogens is 1. The number of aldehydes is 1. The summed E-state index contributed by atoms with van der Waals surface area (Å²) in [5.74, 6) is 2.19. The van der Waals surface area contributed by atoms with Crippen LogP contribution in [0.15, 0.2) is 54.9 Å². The van der Waals surface area contributed by atoms with Crippen LogP contribution in [-0.2, 0) is 18.3 Å². The molecule has 0 aliphatic carbocycles. The maximum Gasteiger partial charge on any atom is 0.228 e. The Bertz CT molecular complexity index is 1630. The van der Waals surface area contributed by atoms with Crippen molar-refractivity contribution in [2.45, 2.75) is 18.8 Å². The molecule has 5 rings (SSSR count). The summed E-state index contributed by atoms with van der Waals surface area (Å²) in [5, 5.41) is 16.2. The SMILES string of the molecule is COc1ccc(CC(CC=O)c2nnc3cc(-c4ccnc(Nc5ccnn5C)n4)cc(N(C)C)n23)c(F)c1. The first-order valence-electron chi connectivity index (χ1n) is 12.3. The number of nitrogens with zero attached hydrogens (tertiary/aromatic N) is 8. The lowest BCUT2D eigenvalue weighted by Gasteiger charge is -2.20. The summed E-state index contributed by atoms with van der Waals surface area (Å²) in [6.07, 6.45) is 4.63. The van der Waals surface area contributed by atoms with Crippen LogP contribution in [0.5, 0.6) is 5.75 Å². The van der Waals surface area contributed by atoms with E-state index in [4.69, 9.17) is 4.74 Å². The summed E-state index contributed by atoms with van der Waals surface area (Å²) in [7, 11) is 7.14. The van der Waals surface area contributed by atoms with Gasteiger partial charge in [0, 0.05) is 57.4 Å². The van der Waals surface area contributed by atoms with Gasteiger partial charge in [-0.05, 0) is 36.2 Å². The average molecular weight is 530 g/mol. The van der Waals surface area contributed by atoms with Crippen molar-refractivity contribution in [3.8, 4) is 17.0 Å². The minimum atomic E-state index is -0.395. The highest BCUT2D eigenvalue weighted by Crippen LogP contribution is 2.31. The Balaban J connectivity index is 1.53. The molecule has 4 heterocycles. The Morgan fingerprint density at radius 1 is 1.13 bits per heavy atom. The van der Waals surface area contributed by atoms with Gasteiger partial charge < -0.3 is 19.7 Å². The van der Waals surface area contributed by atoms with Crippen molar-refractivity contribution in [1.29, 1.82) is 0 Å². The van der Waals surface area contributed by atoms with Crippen molar-refractivity contribution in [2.24, 2.45) is 7.05 Å². The smallest absolute Gasteiger partial charge is 0.228 e. The van der Waals surface area contributed by atoms with Crippen LogP contribution in [0, 0.1) is 5.82 Å². The first-order valence-corrected chi connectivity index (χ1v) is 12.3. The van der Waals surface area contributed by atoms with Crippen molar-refractivity contribution < 1.29 is 13.9 Å². The molecule has 0 aliphatic heterocycles. The lowest BCUT2D eigenvalue weighted by Crippen LogP contribution is -2.17. The molecule has 200 valence electrons. The second-order valence-corrected chi connectivity index (χ2v) is 9.24. The van der Waals surface area contributed by atoms with E-state index in [9.17, 15) is 9.18 Å². The highest BCUT2D eigenvalue weighted by Gasteiger charge is 2.23. The maximum atomic E-state index is 14.8. The quantitative estimate of drug-likeness (QED) is 0.270. The number of aryl methyl sites for hydroxylation is 1. The van der Waals surface area contributed by atoms with Crippen LogP contribution in [0.4, 0.5) is 22.0 Å². The number of carbonyl (C=O) groups is 1. The van der Waals surface area contributed by atoms with Gasteiger partial charge >= 0.3 is 0 Å². The summed E-state index contributed by atoms with van der Waals surface area (Å²) in [6.45, 7) is 0. The van der Waals surface area contributed by atoms with Crippen molar-refractivity contribution in [3.63, 3.8) is 0 Å². The molecule has 11 nitrogen and oxygen atoms in total. The molecule has 0 amide bonds. The molecule has 0 spiro atoms. The molecular formula is C27H28FN9O2. The van der Waals surface area contributed by atoms with Gasteiger partial charge in [-0.15, -0.1) is 10.2 Å². The van der Waals surface area contributed by atoms with E-state index in [1.165, 1.54) is 13.2 Å². The fourth-order valence-corrected chi connectivity index (χ4v) is 4.44. The van der Waals surface area contributed by atoms with E-state index in [1.54, 1.807) is 29.2 Å². The first-order chi connectivity index (χ1) is 18.9. The summed E-state index contributed by atoms with van der Waals surface area (Å²) in [4.78, 5) is 22.6. The Morgan fingerprint density at radius 2 is 1.97 bits per heavy atom. The van der Waals surface area contributed by atoms with Gasteiger partial charge in [0.25, 0.3) is 0 Å². The van der Waals surface area contributed by atoms with E-state index in [0.717, 1.165) is 23.5 Å². The van der Waals surface area contributed by atoms with Crippen LogP contribution in [0.1, 0.15) is 23.7 Å². The number of hydrogen-bond donors (Lipinski definition) is 1. The zero-order valence-electron chi connectivity index (χ0n) is 22.0. The molecule has 0 bridgehead atoms. The highest BCUT2D eigenvalue weighted by molar-refractivity contribution is 5.71. The third-order valence-corrected chi connectivity index (χ3v) is 6.45. The van der Waals surface area contributed by atoms with Gasteiger partial charge in [-0.3, -0.25) is 9.08 Å². The monoisotopic (exact) mass is 529 g/mol. The molecule has 1 atom stereocenters. The van der Waals surface area contributed by atoms with Crippen molar-refractivity contribution in [2.75, 3.05) is 31.4 Å². The number of carbonyl (C=O) groups excluding carboxylic acids is 1. The van der Waals surface area contributed by atoms with Crippen molar-refractivity contribution in [1.82, 2.24) is 34.3 Å². The van der Waals surface area contributed by atoms with Gasteiger partial charge in [0.15, 0.2) is 5.65 Å². The van der Waals surface area contributed by atoms with Crippen LogP contribution in [0.3, 0.4) is 0 Å². The van der Waals surface area contributed by atoms with Crippen LogP contribution >= 0.6 is 0 Å². The Kier molecular flexibility index (Phi) is 7.17. The van der Waals surface area contributed by atoms with E-state index >= 15 is 0 Å². The molecule has 0 saturated carbocycles. The lowest BCUT2D eigenvalue weighted by molar-refractivity contribution is -0.108. The topological polar surface area (TPSA) is 115 Å². The molecule has 0 fully saturated rings. The molecule has 5 aromatic rings. The van der Waals surface area contributed by atoms with Gasteiger partial charge in [-0.2, -0.15) is 5.10 Å². The van der Waals surface area contributed by atoms with Gasteiger partial charge in [0.1, 0.15) is 35.3 Å². The third-order valence-electron chi connectivity index (χ3n) is 6.45. The van der Waals surface area contributed by atoms with E-state index in [-0.39, 0.29) is 12.8 Å². The number of fused-ring (bicyclic) bond motifs is 1. The molecule has 4 aromatic heterocycles. The molecule has 39 heavy (non-hydrogen) atoms. The molecular weight excluding hydrogens is 501 g/mol.